The van der Waals surface area contributed by atoms with E-state index in [9.17, 15) is 14.0 Å². The molecule has 1 fully saturated rings. The van der Waals surface area contributed by atoms with E-state index in [-0.39, 0.29) is 23.8 Å². The Hall–Kier alpha value is -3.36. The number of fused-ring (bicyclic) bond motifs is 1. The van der Waals surface area contributed by atoms with Gasteiger partial charge in [0.1, 0.15) is 17.2 Å². The number of amides is 1. The smallest absolute Gasteiger partial charge is 0.263 e. The molecule has 0 aliphatic carbocycles. The first kappa shape index (κ1) is 22.4. The molecule has 1 amide bonds. The van der Waals surface area contributed by atoms with Gasteiger partial charge in [-0.25, -0.2) is 9.37 Å². The zero-order chi connectivity index (χ0) is 23.5. The van der Waals surface area contributed by atoms with Crippen LogP contribution in [0.3, 0.4) is 0 Å². The number of nitrogens with zero attached hydrogens (tertiary/aromatic N) is 3. The Morgan fingerprint density at radius 1 is 1.03 bits per heavy atom. The van der Waals surface area contributed by atoms with E-state index in [1.54, 1.807) is 12.1 Å². The minimum absolute atomic E-state index is 0.118. The zero-order valence-electron chi connectivity index (χ0n) is 18.7. The number of rotatable bonds is 7. The van der Waals surface area contributed by atoms with Crippen LogP contribution in [-0.4, -0.2) is 33.4 Å². The minimum atomic E-state index is -0.336. The Kier molecular flexibility index (Phi) is 6.51. The summed E-state index contributed by atoms with van der Waals surface area (Å²) >= 11 is 1.35. The van der Waals surface area contributed by atoms with Crippen molar-refractivity contribution < 1.29 is 9.18 Å². The number of carbonyl (C=O) groups excluding carboxylic acids is 1. The normalized spacial score (nSPS) is 14.0. The Balaban J connectivity index is 1.24. The van der Waals surface area contributed by atoms with Gasteiger partial charge >= 0.3 is 0 Å². The van der Waals surface area contributed by atoms with Gasteiger partial charge in [-0.05, 0) is 54.8 Å². The van der Waals surface area contributed by atoms with E-state index >= 15 is 0 Å². The van der Waals surface area contributed by atoms with Gasteiger partial charge in [0.2, 0.25) is 5.91 Å². The number of carbonyl (C=O) groups is 1. The van der Waals surface area contributed by atoms with Crippen molar-refractivity contribution in [3.63, 3.8) is 0 Å². The van der Waals surface area contributed by atoms with Crippen molar-refractivity contribution in [1.29, 1.82) is 0 Å². The standard InChI is InChI=1S/C26H25FN4O2S/c27-21-9-7-20(8-10-21)22-16-34-25-24(22)26(33)31(17-29-25)15-23(32)28-13-18-3-5-19(6-4-18)14-30-11-1-2-12-30/h3-10,16-17H,1-2,11-15H2,(H,28,32). The number of thiophene rings is 1. The van der Waals surface area contributed by atoms with Crippen molar-refractivity contribution in [1.82, 2.24) is 19.8 Å². The van der Waals surface area contributed by atoms with E-state index in [2.05, 4.69) is 27.3 Å². The maximum Gasteiger partial charge on any atom is 0.263 e. The molecule has 1 aliphatic heterocycles. The summed E-state index contributed by atoms with van der Waals surface area (Å²) in [5, 5.41) is 5.17. The summed E-state index contributed by atoms with van der Waals surface area (Å²) in [5.74, 6) is -0.598. The van der Waals surface area contributed by atoms with Crippen molar-refractivity contribution in [2.75, 3.05) is 13.1 Å². The van der Waals surface area contributed by atoms with E-state index in [1.165, 1.54) is 52.8 Å². The second-order valence-electron chi connectivity index (χ2n) is 8.59. The average molecular weight is 477 g/mol. The fourth-order valence-electron chi connectivity index (χ4n) is 4.29. The molecule has 4 aromatic rings. The molecule has 1 saturated heterocycles. The summed E-state index contributed by atoms with van der Waals surface area (Å²) in [6.45, 7) is 3.57. The topological polar surface area (TPSA) is 67.2 Å². The molecule has 0 radical (unpaired) electrons. The Morgan fingerprint density at radius 3 is 2.47 bits per heavy atom. The predicted molar refractivity (Wildman–Crippen MR) is 132 cm³/mol. The van der Waals surface area contributed by atoms with E-state index in [0.717, 1.165) is 30.8 Å². The van der Waals surface area contributed by atoms with Crippen molar-refractivity contribution >= 4 is 27.5 Å². The van der Waals surface area contributed by atoms with Crippen molar-refractivity contribution in [3.05, 3.63) is 87.5 Å². The zero-order valence-corrected chi connectivity index (χ0v) is 19.5. The van der Waals surface area contributed by atoms with Crippen LogP contribution >= 0.6 is 11.3 Å². The fraction of sp³-hybridized carbons (Fsp3) is 0.269. The second kappa shape index (κ2) is 9.87. The molecule has 0 unspecified atom stereocenters. The summed E-state index contributed by atoms with van der Waals surface area (Å²) in [4.78, 5) is 33.1. The monoisotopic (exact) mass is 476 g/mol. The molecule has 1 N–H and O–H groups in total. The summed E-state index contributed by atoms with van der Waals surface area (Å²) in [7, 11) is 0. The lowest BCUT2D eigenvalue weighted by atomic mass is 10.1. The highest BCUT2D eigenvalue weighted by molar-refractivity contribution is 7.17. The van der Waals surface area contributed by atoms with Gasteiger partial charge in [-0.1, -0.05) is 36.4 Å². The van der Waals surface area contributed by atoms with Gasteiger partial charge in [0, 0.05) is 24.0 Å². The van der Waals surface area contributed by atoms with Crippen LogP contribution in [0.2, 0.25) is 0 Å². The van der Waals surface area contributed by atoms with Crippen LogP contribution in [0, 0.1) is 5.82 Å². The molecule has 8 heteroatoms. The van der Waals surface area contributed by atoms with Crippen LogP contribution in [0.25, 0.3) is 21.3 Å². The van der Waals surface area contributed by atoms with E-state index in [1.807, 2.05) is 17.5 Å². The number of nitrogens with one attached hydrogen (secondary N) is 1. The first-order valence-electron chi connectivity index (χ1n) is 11.4. The van der Waals surface area contributed by atoms with Gasteiger partial charge in [-0.3, -0.25) is 19.1 Å². The summed E-state index contributed by atoms with van der Waals surface area (Å²) in [6.07, 6.45) is 3.95. The fourth-order valence-corrected chi connectivity index (χ4v) is 5.20. The molecule has 0 saturated carbocycles. The molecular formula is C26H25FN4O2S. The highest BCUT2D eigenvalue weighted by Crippen LogP contribution is 2.30. The molecule has 0 bridgehead atoms. The summed E-state index contributed by atoms with van der Waals surface area (Å²) in [5.41, 5.74) is 3.43. The molecule has 0 spiro atoms. The number of likely N-dealkylation sites (tertiary alicyclic amines) is 1. The largest absolute Gasteiger partial charge is 0.350 e. The van der Waals surface area contributed by atoms with Crippen LogP contribution < -0.4 is 10.9 Å². The van der Waals surface area contributed by atoms with Crippen LogP contribution in [0.5, 0.6) is 0 Å². The molecule has 5 rings (SSSR count). The Labute approximate surface area is 200 Å². The summed E-state index contributed by atoms with van der Waals surface area (Å²) < 4.78 is 14.6. The number of hydrogen-bond donors (Lipinski definition) is 1. The summed E-state index contributed by atoms with van der Waals surface area (Å²) in [6, 6.07) is 14.3. The van der Waals surface area contributed by atoms with Gasteiger partial charge in [0.25, 0.3) is 5.56 Å². The van der Waals surface area contributed by atoms with E-state index in [0.29, 0.717) is 22.3 Å². The third kappa shape index (κ3) is 4.93. The molecule has 3 heterocycles. The third-order valence-electron chi connectivity index (χ3n) is 6.15. The highest BCUT2D eigenvalue weighted by atomic mass is 32.1. The molecule has 0 atom stereocenters. The molecule has 6 nitrogen and oxygen atoms in total. The molecule has 2 aromatic carbocycles. The lowest BCUT2D eigenvalue weighted by Gasteiger charge is -2.14. The van der Waals surface area contributed by atoms with Crippen molar-refractivity contribution in [2.45, 2.75) is 32.5 Å². The number of benzene rings is 2. The van der Waals surface area contributed by atoms with Gasteiger partial charge in [-0.15, -0.1) is 11.3 Å². The van der Waals surface area contributed by atoms with Crippen LogP contribution in [-0.2, 0) is 24.4 Å². The molecular weight excluding hydrogens is 451 g/mol. The lowest BCUT2D eigenvalue weighted by molar-refractivity contribution is -0.121. The van der Waals surface area contributed by atoms with Crippen LogP contribution in [0.4, 0.5) is 4.39 Å². The lowest BCUT2D eigenvalue weighted by Crippen LogP contribution is -2.32. The van der Waals surface area contributed by atoms with Gasteiger partial charge in [0.05, 0.1) is 11.7 Å². The number of halogens is 1. The predicted octanol–water partition coefficient (Wildman–Crippen LogP) is 4.18. The quantitative estimate of drug-likeness (QED) is 0.435. The first-order valence-corrected chi connectivity index (χ1v) is 12.2. The number of aromatic nitrogens is 2. The third-order valence-corrected chi connectivity index (χ3v) is 7.03. The van der Waals surface area contributed by atoms with Gasteiger partial charge in [-0.2, -0.15) is 0 Å². The average Bonchev–Trinajstić information content (AvgIpc) is 3.51. The molecule has 34 heavy (non-hydrogen) atoms. The van der Waals surface area contributed by atoms with Crippen LogP contribution in [0.1, 0.15) is 24.0 Å². The van der Waals surface area contributed by atoms with Crippen LogP contribution in [0.15, 0.2) is 65.0 Å². The Morgan fingerprint density at radius 2 is 1.74 bits per heavy atom. The van der Waals surface area contributed by atoms with Gasteiger partial charge < -0.3 is 5.32 Å². The molecule has 174 valence electrons. The number of hydrogen-bond acceptors (Lipinski definition) is 5. The maximum atomic E-state index is 13.3. The molecule has 2 aromatic heterocycles. The maximum absolute atomic E-state index is 13.3. The second-order valence-corrected chi connectivity index (χ2v) is 9.45. The Bertz CT molecular complexity index is 1360. The van der Waals surface area contributed by atoms with E-state index in [4.69, 9.17) is 0 Å². The molecule has 1 aliphatic rings. The SMILES string of the molecule is O=C(Cn1cnc2scc(-c3ccc(F)cc3)c2c1=O)NCc1ccc(CN2CCCC2)cc1. The van der Waals surface area contributed by atoms with Gasteiger partial charge in [0.15, 0.2) is 0 Å². The first-order chi connectivity index (χ1) is 16.6. The highest BCUT2D eigenvalue weighted by Gasteiger charge is 2.15. The van der Waals surface area contributed by atoms with Crippen molar-refractivity contribution in [3.8, 4) is 11.1 Å². The van der Waals surface area contributed by atoms with Crippen molar-refractivity contribution in [2.24, 2.45) is 0 Å². The minimum Gasteiger partial charge on any atom is -0.350 e. The van der Waals surface area contributed by atoms with E-state index < -0.39 is 0 Å².